The average molecular weight is 345 g/mol. The van der Waals surface area contributed by atoms with E-state index in [1.807, 2.05) is 37.8 Å². The second-order valence-corrected chi connectivity index (χ2v) is 7.41. The quantitative estimate of drug-likeness (QED) is 0.808. The lowest BCUT2D eigenvalue weighted by molar-refractivity contribution is -0.145. The highest BCUT2D eigenvalue weighted by Gasteiger charge is 2.48. The Morgan fingerprint density at radius 1 is 1.28 bits per heavy atom. The fourth-order valence-corrected chi connectivity index (χ4v) is 3.83. The Morgan fingerprint density at radius 3 is 2.52 bits per heavy atom. The standard InChI is InChI=1S/C19H27N3O3/c1-4-12(3)17(23)19(25)22-10-13-8-14(22)9-21(13)18(24)15-7-11(2)5-6-16(15)20/h5-7,12-14,17,23H,4,8-10,20H2,1-3H3/t12-,13-,14-,17+/m0/s1. The number of aliphatic hydroxyl groups is 1. The summed E-state index contributed by atoms with van der Waals surface area (Å²) in [5.74, 6) is -0.330. The molecule has 25 heavy (non-hydrogen) atoms. The van der Waals surface area contributed by atoms with Gasteiger partial charge in [-0.2, -0.15) is 0 Å². The van der Waals surface area contributed by atoms with Crippen LogP contribution in [0.4, 0.5) is 5.69 Å². The first-order valence-corrected chi connectivity index (χ1v) is 8.99. The molecule has 1 aromatic rings. The van der Waals surface area contributed by atoms with Gasteiger partial charge in [0.25, 0.3) is 11.8 Å². The van der Waals surface area contributed by atoms with Crippen molar-refractivity contribution in [2.45, 2.75) is 51.8 Å². The van der Waals surface area contributed by atoms with E-state index in [9.17, 15) is 14.7 Å². The summed E-state index contributed by atoms with van der Waals surface area (Å²) in [5, 5.41) is 10.2. The summed E-state index contributed by atoms with van der Waals surface area (Å²) >= 11 is 0. The number of hydrogen-bond acceptors (Lipinski definition) is 4. The van der Waals surface area contributed by atoms with Crippen molar-refractivity contribution in [3.8, 4) is 0 Å². The molecule has 0 radical (unpaired) electrons. The van der Waals surface area contributed by atoms with E-state index in [2.05, 4.69) is 0 Å². The molecular weight excluding hydrogens is 318 g/mol. The maximum atomic E-state index is 12.9. The first kappa shape index (κ1) is 17.7. The number of nitrogens with two attached hydrogens (primary N) is 1. The minimum absolute atomic E-state index is 0.00509. The SMILES string of the molecule is CC[C@H](C)[C@@H](O)C(=O)N1C[C@@H]2C[C@H]1CN2C(=O)c1cc(C)ccc1N. The molecule has 1 aromatic carbocycles. The Balaban J connectivity index is 1.70. The van der Waals surface area contributed by atoms with Gasteiger partial charge in [-0.25, -0.2) is 0 Å². The zero-order valence-electron chi connectivity index (χ0n) is 15.1. The van der Waals surface area contributed by atoms with Crippen LogP contribution in [0.5, 0.6) is 0 Å². The van der Waals surface area contributed by atoms with E-state index in [-0.39, 0.29) is 29.8 Å². The minimum Gasteiger partial charge on any atom is -0.398 e. The molecule has 136 valence electrons. The third-order valence-electron chi connectivity index (χ3n) is 5.66. The Hall–Kier alpha value is -2.08. The number of carbonyl (C=O) groups is 2. The van der Waals surface area contributed by atoms with Crippen LogP contribution in [0.3, 0.4) is 0 Å². The van der Waals surface area contributed by atoms with Crippen LogP contribution in [0.1, 0.15) is 42.6 Å². The number of aliphatic hydroxyl groups excluding tert-OH is 1. The molecule has 2 amide bonds. The van der Waals surface area contributed by atoms with Crippen LogP contribution in [0, 0.1) is 12.8 Å². The topological polar surface area (TPSA) is 86.9 Å². The summed E-state index contributed by atoms with van der Waals surface area (Å²) < 4.78 is 0. The number of amides is 2. The van der Waals surface area contributed by atoms with Crippen molar-refractivity contribution in [1.82, 2.24) is 9.80 Å². The molecule has 2 fully saturated rings. The van der Waals surface area contributed by atoms with Gasteiger partial charge in [0.15, 0.2) is 0 Å². The Kier molecular flexibility index (Phi) is 4.73. The lowest BCUT2D eigenvalue weighted by Crippen LogP contribution is -2.53. The van der Waals surface area contributed by atoms with Crippen molar-refractivity contribution in [2.75, 3.05) is 18.8 Å². The Bertz CT molecular complexity index is 690. The van der Waals surface area contributed by atoms with Gasteiger partial charge < -0.3 is 20.6 Å². The number of fused-ring (bicyclic) bond motifs is 2. The van der Waals surface area contributed by atoms with Crippen LogP contribution < -0.4 is 5.73 Å². The summed E-state index contributed by atoms with van der Waals surface area (Å²) in [6.45, 7) is 6.78. The summed E-state index contributed by atoms with van der Waals surface area (Å²) in [6.07, 6.45) is 0.573. The predicted octanol–water partition coefficient (Wildman–Crippen LogP) is 1.41. The van der Waals surface area contributed by atoms with Crippen molar-refractivity contribution in [1.29, 1.82) is 0 Å². The average Bonchev–Trinajstić information content (AvgIpc) is 3.21. The van der Waals surface area contributed by atoms with Gasteiger partial charge >= 0.3 is 0 Å². The Morgan fingerprint density at radius 2 is 1.92 bits per heavy atom. The summed E-state index contributed by atoms with van der Waals surface area (Å²) in [6, 6.07) is 5.46. The maximum Gasteiger partial charge on any atom is 0.256 e. The number of piperazine rings is 1. The smallest absolute Gasteiger partial charge is 0.256 e. The number of rotatable bonds is 4. The molecule has 0 unspecified atom stereocenters. The first-order chi connectivity index (χ1) is 11.8. The molecule has 2 saturated heterocycles. The summed E-state index contributed by atoms with van der Waals surface area (Å²) in [4.78, 5) is 29.0. The molecule has 2 aliphatic heterocycles. The number of anilines is 1. The molecule has 0 aromatic heterocycles. The summed E-state index contributed by atoms with van der Waals surface area (Å²) in [7, 11) is 0. The predicted molar refractivity (Wildman–Crippen MR) is 96.0 cm³/mol. The van der Waals surface area contributed by atoms with Crippen molar-refractivity contribution >= 4 is 17.5 Å². The second kappa shape index (κ2) is 6.67. The van der Waals surface area contributed by atoms with Crippen LogP contribution in [-0.4, -0.2) is 58.0 Å². The zero-order chi connectivity index (χ0) is 18.3. The second-order valence-electron chi connectivity index (χ2n) is 7.41. The van der Waals surface area contributed by atoms with Gasteiger partial charge in [0.05, 0.1) is 17.6 Å². The molecule has 4 atom stereocenters. The normalized spacial score (nSPS) is 24.5. The van der Waals surface area contributed by atoms with Gasteiger partial charge in [-0.3, -0.25) is 9.59 Å². The highest BCUT2D eigenvalue weighted by Crippen LogP contribution is 2.33. The number of nitrogen functional groups attached to an aromatic ring is 1. The molecule has 3 rings (SSSR count). The van der Waals surface area contributed by atoms with E-state index < -0.39 is 6.10 Å². The number of likely N-dealkylation sites (tertiary alicyclic amines) is 2. The van der Waals surface area contributed by atoms with Crippen LogP contribution in [0.2, 0.25) is 0 Å². The third kappa shape index (κ3) is 3.11. The lowest BCUT2D eigenvalue weighted by Gasteiger charge is -2.36. The lowest BCUT2D eigenvalue weighted by atomic mass is 10.0. The largest absolute Gasteiger partial charge is 0.398 e. The van der Waals surface area contributed by atoms with E-state index in [1.165, 1.54) is 0 Å². The van der Waals surface area contributed by atoms with E-state index in [0.29, 0.717) is 24.3 Å². The van der Waals surface area contributed by atoms with Crippen LogP contribution >= 0.6 is 0 Å². The van der Waals surface area contributed by atoms with Crippen molar-refractivity contribution < 1.29 is 14.7 Å². The van der Waals surface area contributed by atoms with Gasteiger partial charge in [-0.15, -0.1) is 0 Å². The number of nitrogens with zero attached hydrogens (tertiary/aromatic N) is 2. The minimum atomic E-state index is -0.957. The highest BCUT2D eigenvalue weighted by molar-refractivity contribution is 6.00. The van der Waals surface area contributed by atoms with E-state index >= 15 is 0 Å². The van der Waals surface area contributed by atoms with Gasteiger partial charge in [0.1, 0.15) is 6.10 Å². The molecule has 2 heterocycles. The van der Waals surface area contributed by atoms with Gasteiger partial charge in [-0.1, -0.05) is 31.9 Å². The van der Waals surface area contributed by atoms with Crippen LogP contribution in [0.25, 0.3) is 0 Å². The first-order valence-electron chi connectivity index (χ1n) is 8.99. The molecule has 2 bridgehead atoms. The van der Waals surface area contributed by atoms with E-state index in [4.69, 9.17) is 5.73 Å². The van der Waals surface area contributed by atoms with Crippen molar-refractivity contribution in [2.24, 2.45) is 5.92 Å². The van der Waals surface area contributed by atoms with Crippen molar-refractivity contribution in [3.63, 3.8) is 0 Å². The number of hydrogen-bond donors (Lipinski definition) is 2. The van der Waals surface area contributed by atoms with Gasteiger partial charge in [-0.05, 0) is 31.4 Å². The maximum absolute atomic E-state index is 12.9. The highest BCUT2D eigenvalue weighted by atomic mass is 16.3. The van der Waals surface area contributed by atoms with Crippen LogP contribution in [-0.2, 0) is 4.79 Å². The van der Waals surface area contributed by atoms with Crippen molar-refractivity contribution in [3.05, 3.63) is 29.3 Å². The van der Waals surface area contributed by atoms with Gasteiger partial charge in [0.2, 0.25) is 0 Å². The zero-order valence-corrected chi connectivity index (χ0v) is 15.1. The molecule has 6 heteroatoms. The fraction of sp³-hybridized carbons (Fsp3) is 0.579. The molecule has 0 saturated carbocycles. The van der Waals surface area contributed by atoms with E-state index in [1.54, 1.807) is 11.0 Å². The molecule has 0 aliphatic carbocycles. The summed E-state index contributed by atoms with van der Waals surface area (Å²) in [5.41, 5.74) is 7.99. The third-order valence-corrected chi connectivity index (χ3v) is 5.66. The fourth-order valence-electron chi connectivity index (χ4n) is 3.83. The number of carbonyl (C=O) groups excluding carboxylic acids is 2. The molecule has 2 aliphatic rings. The van der Waals surface area contributed by atoms with Crippen LogP contribution in [0.15, 0.2) is 18.2 Å². The van der Waals surface area contributed by atoms with Gasteiger partial charge in [0, 0.05) is 18.8 Å². The number of aryl methyl sites for hydroxylation is 1. The Labute approximate surface area is 148 Å². The molecular formula is C19H27N3O3. The molecule has 0 spiro atoms. The number of benzene rings is 1. The van der Waals surface area contributed by atoms with E-state index in [0.717, 1.165) is 18.4 Å². The molecule has 3 N–H and O–H groups in total. The monoisotopic (exact) mass is 345 g/mol. The molecule has 6 nitrogen and oxygen atoms in total.